The van der Waals surface area contributed by atoms with Gasteiger partial charge < -0.3 is 15.1 Å². The quantitative estimate of drug-likeness (QED) is 0.398. The highest BCUT2D eigenvalue weighted by Crippen LogP contribution is 2.29. The van der Waals surface area contributed by atoms with E-state index in [1.165, 1.54) is 0 Å². The first-order chi connectivity index (χ1) is 17.2. The van der Waals surface area contributed by atoms with Gasteiger partial charge in [0.25, 0.3) is 5.91 Å². The molecule has 0 saturated carbocycles. The number of benzodiazepines with no additional fused rings is 1. The third-order valence-electron chi connectivity index (χ3n) is 5.81. The highest BCUT2D eigenvalue weighted by Gasteiger charge is 2.27. The summed E-state index contributed by atoms with van der Waals surface area (Å²) in [5.41, 5.74) is 5.81. The van der Waals surface area contributed by atoms with Gasteiger partial charge in [-0.2, -0.15) is 0 Å². The molecule has 1 unspecified atom stereocenters. The summed E-state index contributed by atoms with van der Waals surface area (Å²) in [5, 5.41) is 15.2. The average molecular weight is 460 g/mol. The average Bonchev–Trinajstić information content (AvgIpc) is 3.30. The van der Waals surface area contributed by atoms with Crippen LogP contribution in [0, 0.1) is 6.92 Å². The molecule has 8 heteroatoms. The molecule has 3 heterocycles. The van der Waals surface area contributed by atoms with Crippen LogP contribution < -0.4 is 10.6 Å². The molecule has 0 radical (unpaired) electrons. The Kier molecular flexibility index (Phi) is 5.03. The smallest absolute Gasteiger partial charge is 0.317 e. The number of benzene rings is 3. The second kappa shape index (κ2) is 8.49. The van der Waals surface area contributed by atoms with Gasteiger partial charge in [0.2, 0.25) is 12.1 Å². The highest BCUT2D eigenvalue weighted by atomic mass is 16.4. The van der Waals surface area contributed by atoms with Gasteiger partial charge in [0, 0.05) is 28.3 Å². The van der Waals surface area contributed by atoms with Crippen LogP contribution in [0.2, 0.25) is 0 Å². The van der Waals surface area contributed by atoms with Crippen LogP contribution in [0.3, 0.4) is 0 Å². The van der Waals surface area contributed by atoms with Gasteiger partial charge in [0.15, 0.2) is 0 Å². The number of hydrogen-bond acceptors (Lipinski definition) is 7. The van der Waals surface area contributed by atoms with Gasteiger partial charge in [0.1, 0.15) is 0 Å². The molecule has 5 aromatic rings. The predicted molar refractivity (Wildman–Crippen MR) is 134 cm³/mol. The van der Waals surface area contributed by atoms with Crippen LogP contribution in [-0.4, -0.2) is 33.0 Å². The molecule has 1 atom stereocenters. The van der Waals surface area contributed by atoms with Crippen LogP contribution in [0.5, 0.6) is 0 Å². The number of aromatic nitrogens is 3. The third kappa shape index (κ3) is 3.91. The van der Waals surface area contributed by atoms with Gasteiger partial charge in [-0.1, -0.05) is 65.3 Å². The van der Waals surface area contributed by atoms with Crippen molar-refractivity contribution in [2.45, 2.75) is 13.1 Å². The van der Waals surface area contributed by atoms with Crippen LogP contribution in [0.15, 0.2) is 94.5 Å². The topological polar surface area (TPSA) is 105 Å². The molecule has 0 aliphatic carbocycles. The van der Waals surface area contributed by atoms with Crippen molar-refractivity contribution in [1.29, 1.82) is 0 Å². The molecule has 2 aromatic heterocycles. The fourth-order valence-corrected chi connectivity index (χ4v) is 4.13. The molecule has 1 aliphatic rings. The van der Waals surface area contributed by atoms with E-state index in [2.05, 4.69) is 25.8 Å². The normalized spacial score (nSPS) is 15.2. The third-order valence-corrected chi connectivity index (χ3v) is 5.81. The van der Waals surface area contributed by atoms with Crippen LogP contribution in [0.25, 0.3) is 22.4 Å². The molecule has 1 aliphatic heterocycles. The number of amides is 1. The maximum absolute atomic E-state index is 13.1. The van der Waals surface area contributed by atoms with E-state index in [1.54, 1.807) is 6.20 Å². The molecule has 8 nitrogen and oxygen atoms in total. The van der Waals surface area contributed by atoms with Crippen molar-refractivity contribution in [1.82, 2.24) is 15.2 Å². The predicted octanol–water partition coefficient (Wildman–Crippen LogP) is 4.82. The summed E-state index contributed by atoms with van der Waals surface area (Å²) >= 11 is 0. The molecule has 0 saturated heterocycles. The van der Waals surface area contributed by atoms with E-state index >= 15 is 0 Å². The summed E-state index contributed by atoms with van der Waals surface area (Å²) in [6.45, 7) is 2.02. The van der Waals surface area contributed by atoms with E-state index in [0.717, 1.165) is 33.2 Å². The maximum Gasteiger partial charge on any atom is 0.317 e. The van der Waals surface area contributed by atoms with Crippen LogP contribution in [-0.2, 0) is 4.79 Å². The van der Waals surface area contributed by atoms with Gasteiger partial charge in [-0.25, -0.2) is 4.99 Å². The molecule has 3 aromatic carbocycles. The van der Waals surface area contributed by atoms with Gasteiger partial charge in [-0.15, -0.1) is 5.10 Å². The Hall–Kier alpha value is -4.85. The minimum Gasteiger partial charge on any atom is -0.403 e. The SMILES string of the molecule is Cc1ccc2nccc(-c3nnc(NC4N=C(c5ccccc5)c5ccccc5NC4=O)o3)c2c1. The molecular weight excluding hydrogens is 440 g/mol. The van der Waals surface area contributed by atoms with E-state index in [-0.39, 0.29) is 11.9 Å². The number of carbonyl (C=O) groups is 1. The fraction of sp³-hybridized carbons (Fsp3) is 0.0741. The van der Waals surface area contributed by atoms with Crippen molar-refractivity contribution < 1.29 is 9.21 Å². The lowest BCUT2D eigenvalue weighted by atomic mass is 10.0. The minimum atomic E-state index is -0.970. The summed E-state index contributed by atoms with van der Waals surface area (Å²) in [4.78, 5) is 22.2. The summed E-state index contributed by atoms with van der Waals surface area (Å²) < 4.78 is 5.92. The van der Waals surface area contributed by atoms with Crippen molar-refractivity contribution in [2.75, 3.05) is 10.6 Å². The standard InChI is InChI=1S/C27H20N6O2/c1-16-11-12-21-20(15-16)18(13-14-28-21)26-32-33-27(35-26)31-24-25(34)29-22-10-6-5-9-19(22)23(30-24)17-7-3-2-4-8-17/h2-15,24H,1H3,(H,29,34)(H,31,33). The highest BCUT2D eigenvalue weighted by molar-refractivity contribution is 6.19. The first-order valence-electron chi connectivity index (χ1n) is 11.1. The Morgan fingerprint density at radius 3 is 2.63 bits per heavy atom. The van der Waals surface area contributed by atoms with E-state index in [9.17, 15) is 4.79 Å². The van der Waals surface area contributed by atoms with Crippen LogP contribution in [0.4, 0.5) is 11.7 Å². The van der Waals surface area contributed by atoms with E-state index in [0.29, 0.717) is 17.3 Å². The number of aliphatic imine (C=N–C) groups is 1. The fourth-order valence-electron chi connectivity index (χ4n) is 4.13. The first kappa shape index (κ1) is 20.7. The van der Waals surface area contributed by atoms with Crippen LogP contribution in [0.1, 0.15) is 16.7 Å². The molecule has 1 amide bonds. The lowest BCUT2D eigenvalue weighted by Gasteiger charge is -2.11. The van der Waals surface area contributed by atoms with E-state index in [4.69, 9.17) is 9.41 Å². The number of hydrogen-bond donors (Lipinski definition) is 2. The Morgan fingerprint density at radius 2 is 1.74 bits per heavy atom. The van der Waals surface area contributed by atoms with Crippen LogP contribution >= 0.6 is 0 Å². The lowest BCUT2D eigenvalue weighted by Crippen LogP contribution is -2.32. The summed E-state index contributed by atoms with van der Waals surface area (Å²) in [6.07, 6.45) is 0.735. The Labute approximate surface area is 200 Å². The van der Waals surface area contributed by atoms with E-state index < -0.39 is 6.17 Å². The van der Waals surface area contributed by atoms with Gasteiger partial charge in [0.05, 0.1) is 16.9 Å². The lowest BCUT2D eigenvalue weighted by molar-refractivity contribution is -0.116. The Bertz CT molecular complexity index is 1590. The zero-order chi connectivity index (χ0) is 23.8. The number of aryl methyl sites for hydroxylation is 1. The Morgan fingerprint density at radius 1 is 0.914 bits per heavy atom. The van der Waals surface area contributed by atoms with E-state index in [1.807, 2.05) is 85.8 Å². The number of nitrogens with one attached hydrogen (secondary N) is 2. The number of nitrogens with zero attached hydrogens (tertiary/aromatic N) is 4. The molecule has 0 fully saturated rings. The van der Waals surface area contributed by atoms with Gasteiger partial charge in [-0.3, -0.25) is 9.78 Å². The molecule has 2 N–H and O–H groups in total. The van der Waals surface area contributed by atoms with Crippen molar-refractivity contribution in [3.63, 3.8) is 0 Å². The summed E-state index contributed by atoms with van der Waals surface area (Å²) in [5.74, 6) is 0.00296. The zero-order valence-corrected chi connectivity index (χ0v) is 18.8. The molecule has 0 spiro atoms. The number of anilines is 2. The molecule has 6 rings (SSSR count). The molecule has 170 valence electrons. The minimum absolute atomic E-state index is 0.0971. The zero-order valence-electron chi connectivity index (χ0n) is 18.8. The monoisotopic (exact) mass is 460 g/mol. The van der Waals surface area contributed by atoms with Gasteiger partial charge >= 0.3 is 6.01 Å². The number of para-hydroxylation sites is 1. The molecular formula is C27H20N6O2. The Balaban J connectivity index is 1.37. The molecule has 0 bridgehead atoms. The largest absolute Gasteiger partial charge is 0.403 e. The molecule has 35 heavy (non-hydrogen) atoms. The second-order valence-electron chi connectivity index (χ2n) is 8.22. The maximum atomic E-state index is 13.1. The van der Waals surface area contributed by atoms with Crippen molar-refractivity contribution in [2.24, 2.45) is 4.99 Å². The number of rotatable bonds is 4. The van der Waals surface area contributed by atoms with Gasteiger partial charge in [-0.05, 0) is 31.2 Å². The number of carbonyl (C=O) groups excluding carboxylic acids is 1. The summed E-state index contributed by atoms with van der Waals surface area (Å²) in [7, 11) is 0. The van der Waals surface area contributed by atoms with Crippen molar-refractivity contribution in [3.05, 3.63) is 102 Å². The summed E-state index contributed by atoms with van der Waals surface area (Å²) in [6, 6.07) is 25.2. The van der Waals surface area contributed by atoms with Crippen molar-refractivity contribution in [3.8, 4) is 11.5 Å². The number of pyridine rings is 1. The number of fused-ring (bicyclic) bond motifs is 2. The second-order valence-corrected chi connectivity index (χ2v) is 8.22. The first-order valence-corrected chi connectivity index (χ1v) is 11.1. The van der Waals surface area contributed by atoms with Crippen molar-refractivity contribution >= 4 is 34.2 Å².